The molecule has 2 amide bonds. The minimum Gasteiger partial charge on any atom is -0.338 e. The zero-order valence-electron chi connectivity index (χ0n) is 16.3. The number of anilines is 1. The predicted molar refractivity (Wildman–Crippen MR) is 115 cm³/mol. The van der Waals surface area contributed by atoms with Crippen LogP contribution in [0.5, 0.6) is 0 Å². The van der Waals surface area contributed by atoms with Gasteiger partial charge in [0.05, 0.1) is 11.6 Å². The lowest BCUT2D eigenvalue weighted by Crippen LogP contribution is -2.23. The average Bonchev–Trinajstić information content (AvgIpc) is 3.38. The Morgan fingerprint density at radius 2 is 1.87 bits per heavy atom. The summed E-state index contributed by atoms with van der Waals surface area (Å²) in [6.45, 7) is 1.39. The van der Waals surface area contributed by atoms with Crippen molar-refractivity contribution in [1.82, 2.24) is 9.88 Å². The zero-order valence-corrected chi connectivity index (χ0v) is 17.1. The number of nitrogens with zero attached hydrogens (tertiary/aromatic N) is 3. The van der Waals surface area contributed by atoms with Crippen molar-refractivity contribution in [3.63, 3.8) is 0 Å². The van der Waals surface area contributed by atoms with E-state index in [0.29, 0.717) is 35.6 Å². The van der Waals surface area contributed by atoms with E-state index in [1.807, 2.05) is 29.2 Å². The third-order valence-electron chi connectivity index (χ3n) is 5.00. The topological polar surface area (TPSA) is 86.1 Å². The molecule has 0 unspecified atom stereocenters. The number of amides is 2. The SMILES string of the molecule is N#Cc1ccc(Cc2cnc(NC(=O)c3ccc(CN4CCCC4=O)cc3)s2)cc1. The highest BCUT2D eigenvalue weighted by Gasteiger charge is 2.20. The molecule has 150 valence electrons. The molecule has 0 saturated carbocycles. The Labute approximate surface area is 178 Å². The average molecular weight is 417 g/mol. The maximum absolute atomic E-state index is 12.5. The first-order valence-corrected chi connectivity index (χ1v) is 10.5. The van der Waals surface area contributed by atoms with Crippen LogP contribution in [0.1, 0.15) is 44.8 Å². The zero-order chi connectivity index (χ0) is 20.9. The maximum atomic E-state index is 12.5. The van der Waals surface area contributed by atoms with Crippen LogP contribution in [0.2, 0.25) is 0 Å². The van der Waals surface area contributed by atoms with Crippen molar-refractivity contribution in [3.8, 4) is 6.07 Å². The first kappa shape index (κ1) is 19.8. The fourth-order valence-corrected chi connectivity index (χ4v) is 4.21. The Balaban J connectivity index is 1.34. The fraction of sp³-hybridized carbons (Fsp3) is 0.217. The van der Waals surface area contributed by atoms with Crippen LogP contribution >= 0.6 is 11.3 Å². The Kier molecular flexibility index (Phi) is 5.87. The van der Waals surface area contributed by atoms with E-state index in [4.69, 9.17) is 5.26 Å². The molecule has 1 aliphatic heterocycles. The molecule has 2 aromatic carbocycles. The van der Waals surface area contributed by atoms with Gasteiger partial charge in [-0.3, -0.25) is 14.9 Å². The quantitative estimate of drug-likeness (QED) is 0.659. The molecule has 1 saturated heterocycles. The number of thiazole rings is 1. The van der Waals surface area contributed by atoms with Gasteiger partial charge < -0.3 is 4.90 Å². The van der Waals surface area contributed by atoms with Gasteiger partial charge in [-0.25, -0.2) is 4.98 Å². The van der Waals surface area contributed by atoms with Crippen LogP contribution in [0.3, 0.4) is 0 Å². The summed E-state index contributed by atoms with van der Waals surface area (Å²) in [7, 11) is 0. The molecule has 0 bridgehead atoms. The minimum atomic E-state index is -0.210. The number of nitrogens with one attached hydrogen (secondary N) is 1. The molecule has 6 nitrogen and oxygen atoms in total. The van der Waals surface area contributed by atoms with Gasteiger partial charge in [0.2, 0.25) is 5.91 Å². The lowest BCUT2D eigenvalue weighted by Gasteiger charge is -2.15. The lowest BCUT2D eigenvalue weighted by molar-refractivity contribution is -0.128. The van der Waals surface area contributed by atoms with Crippen molar-refractivity contribution in [2.45, 2.75) is 25.8 Å². The molecule has 7 heteroatoms. The number of carbonyl (C=O) groups excluding carboxylic acids is 2. The Morgan fingerprint density at radius 1 is 1.13 bits per heavy atom. The molecular formula is C23H20N4O2S. The van der Waals surface area contributed by atoms with Crippen molar-refractivity contribution in [3.05, 3.63) is 81.9 Å². The predicted octanol–water partition coefficient (Wildman–Crippen LogP) is 3.98. The number of carbonyl (C=O) groups is 2. The molecule has 1 aromatic heterocycles. The van der Waals surface area contributed by atoms with E-state index >= 15 is 0 Å². The summed E-state index contributed by atoms with van der Waals surface area (Å²) in [4.78, 5) is 31.4. The Hall–Kier alpha value is -3.50. The van der Waals surface area contributed by atoms with Gasteiger partial charge in [0.1, 0.15) is 0 Å². The molecule has 1 fully saturated rings. The third kappa shape index (κ3) is 4.73. The lowest BCUT2D eigenvalue weighted by atomic mass is 10.1. The van der Waals surface area contributed by atoms with Crippen LogP contribution in [0.4, 0.5) is 5.13 Å². The van der Waals surface area contributed by atoms with Gasteiger partial charge in [0, 0.05) is 42.6 Å². The van der Waals surface area contributed by atoms with Crippen LogP contribution in [0.25, 0.3) is 0 Å². The molecule has 1 aliphatic rings. The van der Waals surface area contributed by atoms with Crippen LogP contribution < -0.4 is 5.32 Å². The van der Waals surface area contributed by atoms with Crippen molar-refractivity contribution in [2.75, 3.05) is 11.9 Å². The van der Waals surface area contributed by atoms with Gasteiger partial charge >= 0.3 is 0 Å². The Morgan fingerprint density at radius 3 is 2.53 bits per heavy atom. The number of nitriles is 1. The number of benzene rings is 2. The van der Waals surface area contributed by atoms with Gasteiger partial charge in [-0.15, -0.1) is 11.3 Å². The van der Waals surface area contributed by atoms with Crippen molar-refractivity contribution >= 4 is 28.3 Å². The van der Waals surface area contributed by atoms with E-state index in [0.717, 1.165) is 29.0 Å². The molecule has 0 atom stereocenters. The van der Waals surface area contributed by atoms with Crippen LogP contribution in [0.15, 0.2) is 54.7 Å². The number of aromatic nitrogens is 1. The van der Waals surface area contributed by atoms with Gasteiger partial charge in [-0.2, -0.15) is 5.26 Å². The first-order chi connectivity index (χ1) is 14.6. The fourth-order valence-electron chi connectivity index (χ4n) is 3.37. The summed E-state index contributed by atoms with van der Waals surface area (Å²) in [5, 5.41) is 12.3. The number of hydrogen-bond donors (Lipinski definition) is 1. The second kappa shape index (κ2) is 8.89. The van der Waals surface area contributed by atoms with E-state index < -0.39 is 0 Å². The van der Waals surface area contributed by atoms with Crippen molar-refractivity contribution in [1.29, 1.82) is 5.26 Å². The van der Waals surface area contributed by atoms with Crippen LogP contribution in [-0.4, -0.2) is 28.2 Å². The molecular weight excluding hydrogens is 396 g/mol. The smallest absolute Gasteiger partial charge is 0.257 e. The largest absolute Gasteiger partial charge is 0.338 e. The van der Waals surface area contributed by atoms with Crippen molar-refractivity contribution < 1.29 is 9.59 Å². The molecule has 3 aromatic rings. The van der Waals surface area contributed by atoms with Gasteiger partial charge in [0.15, 0.2) is 5.13 Å². The Bertz CT molecular complexity index is 1100. The summed E-state index contributed by atoms with van der Waals surface area (Å²) < 4.78 is 0. The monoisotopic (exact) mass is 416 g/mol. The summed E-state index contributed by atoms with van der Waals surface area (Å²) >= 11 is 1.43. The maximum Gasteiger partial charge on any atom is 0.257 e. The molecule has 1 N–H and O–H groups in total. The normalized spacial score (nSPS) is 13.3. The first-order valence-electron chi connectivity index (χ1n) is 9.72. The van der Waals surface area contributed by atoms with Gasteiger partial charge in [-0.1, -0.05) is 24.3 Å². The molecule has 0 spiro atoms. The van der Waals surface area contributed by atoms with E-state index in [-0.39, 0.29) is 11.8 Å². The minimum absolute atomic E-state index is 0.192. The molecule has 30 heavy (non-hydrogen) atoms. The molecule has 0 radical (unpaired) electrons. The van der Waals surface area contributed by atoms with E-state index in [9.17, 15) is 9.59 Å². The standard InChI is InChI=1S/C23H20N4O2S/c24-13-17-5-3-16(4-6-17)12-20-14-25-23(30-20)26-22(29)19-9-7-18(8-10-19)15-27-11-1-2-21(27)28/h3-10,14H,1-2,11-12,15H2,(H,25,26,29). The van der Waals surface area contributed by atoms with E-state index in [1.54, 1.807) is 30.5 Å². The highest BCUT2D eigenvalue weighted by atomic mass is 32.1. The summed E-state index contributed by atoms with van der Waals surface area (Å²) in [6.07, 6.45) is 4.00. The van der Waals surface area contributed by atoms with Crippen LogP contribution in [0, 0.1) is 11.3 Å². The summed E-state index contributed by atoms with van der Waals surface area (Å²) in [6, 6.07) is 16.9. The van der Waals surface area contributed by atoms with Crippen molar-refractivity contribution in [2.24, 2.45) is 0 Å². The summed E-state index contributed by atoms with van der Waals surface area (Å²) in [5.41, 5.74) is 3.28. The summed E-state index contributed by atoms with van der Waals surface area (Å²) in [5.74, 6) is -0.0181. The highest BCUT2D eigenvalue weighted by Crippen LogP contribution is 2.22. The highest BCUT2D eigenvalue weighted by molar-refractivity contribution is 7.15. The number of likely N-dealkylation sites (tertiary alicyclic amines) is 1. The van der Waals surface area contributed by atoms with Gasteiger partial charge in [0.25, 0.3) is 5.91 Å². The van der Waals surface area contributed by atoms with Gasteiger partial charge in [-0.05, 0) is 41.8 Å². The third-order valence-corrected chi connectivity index (χ3v) is 5.91. The second-order valence-electron chi connectivity index (χ2n) is 7.19. The van der Waals surface area contributed by atoms with E-state index in [1.165, 1.54) is 11.3 Å². The van der Waals surface area contributed by atoms with E-state index in [2.05, 4.69) is 16.4 Å². The molecule has 2 heterocycles. The molecule has 0 aliphatic carbocycles. The number of hydrogen-bond acceptors (Lipinski definition) is 5. The second-order valence-corrected chi connectivity index (χ2v) is 8.30. The van der Waals surface area contributed by atoms with Crippen LogP contribution in [-0.2, 0) is 17.8 Å². The number of rotatable bonds is 6. The molecule has 4 rings (SSSR count).